The molecule has 2 aliphatic rings. The number of amides is 2. The van der Waals surface area contributed by atoms with Gasteiger partial charge in [-0.25, -0.2) is 9.59 Å². The van der Waals surface area contributed by atoms with Crippen LogP contribution < -0.4 is 10.6 Å². The Morgan fingerprint density at radius 3 is 2.09 bits per heavy atom. The summed E-state index contributed by atoms with van der Waals surface area (Å²) in [5.74, 6) is -1.68. The molecule has 0 heterocycles. The molecule has 7 heteroatoms. The first-order valence-corrected chi connectivity index (χ1v) is 12.1. The molecule has 2 aliphatic carbocycles. The molecule has 34 heavy (non-hydrogen) atoms. The molecule has 2 amide bonds. The molecule has 2 aromatic carbocycles. The van der Waals surface area contributed by atoms with E-state index in [0.29, 0.717) is 6.42 Å². The zero-order chi connectivity index (χ0) is 24.1. The van der Waals surface area contributed by atoms with E-state index in [0.717, 1.165) is 54.4 Å². The van der Waals surface area contributed by atoms with E-state index >= 15 is 0 Å². The second kappa shape index (κ2) is 10.7. The molecule has 7 nitrogen and oxygen atoms in total. The standard InChI is InChI=1S/C27H32N2O5/c1-2-23(25(30)29-24(26(31)32)17-10-4-3-5-11-17)28-27(33)34-16-22-20-14-8-6-12-18(20)19-13-7-9-15-21(19)22/h6-9,12-15,17,22-24H,2-5,10-11,16H2,1H3,(H,28,33)(H,29,30)(H,31,32). The van der Waals surface area contributed by atoms with Crippen molar-refractivity contribution in [2.75, 3.05) is 6.61 Å². The summed E-state index contributed by atoms with van der Waals surface area (Å²) in [5.41, 5.74) is 4.50. The molecule has 180 valence electrons. The quantitative estimate of drug-likeness (QED) is 0.535. The topological polar surface area (TPSA) is 105 Å². The van der Waals surface area contributed by atoms with Crippen molar-refractivity contribution in [3.63, 3.8) is 0 Å². The van der Waals surface area contributed by atoms with Gasteiger partial charge in [-0.05, 0) is 47.4 Å². The van der Waals surface area contributed by atoms with Crippen LogP contribution in [0.15, 0.2) is 48.5 Å². The van der Waals surface area contributed by atoms with Gasteiger partial charge in [-0.1, -0.05) is 74.7 Å². The second-order valence-electron chi connectivity index (χ2n) is 9.15. The zero-order valence-corrected chi connectivity index (χ0v) is 19.5. The summed E-state index contributed by atoms with van der Waals surface area (Å²) in [7, 11) is 0. The smallest absolute Gasteiger partial charge is 0.407 e. The number of fused-ring (bicyclic) bond motifs is 3. The second-order valence-corrected chi connectivity index (χ2v) is 9.15. The third-order valence-electron chi connectivity index (χ3n) is 7.05. The molecule has 0 aliphatic heterocycles. The Labute approximate surface area is 199 Å². The minimum absolute atomic E-state index is 0.0743. The highest BCUT2D eigenvalue weighted by atomic mass is 16.5. The van der Waals surface area contributed by atoms with Gasteiger partial charge in [0.05, 0.1) is 0 Å². The van der Waals surface area contributed by atoms with E-state index in [1.165, 1.54) is 0 Å². The summed E-state index contributed by atoms with van der Waals surface area (Å²) in [6, 6.07) is 14.4. The number of nitrogens with one attached hydrogen (secondary N) is 2. The zero-order valence-electron chi connectivity index (χ0n) is 19.5. The number of carbonyl (C=O) groups excluding carboxylic acids is 2. The van der Waals surface area contributed by atoms with Crippen LogP contribution in [0.5, 0.6) is 0 Å². The molecule has 0 saturated heterocycles. The number of aliphatic carboxylic acids is 1. The van der Waals surface area contributed by atoms with Crippen LogP contribution in [0.2, 0.25) is 0 Å². The molecule has 0 spiro atoms. The highest BCUT2D eigenvalue weighted by Crippen LogP contribution is 2.44. The fraction of sp³-hybridized carbons (Fsp3) is 0.444. The first-order chi connectivity index (χ1) is 16.5. The van der Waals surface area contributed by atoms with Crippen molar-refractivity contribution in [2.24, 2.45) is 5.92 Å². The van der Waals surface area contributed by atoms with E-state index in [4.69, 9.17) is 4.74 Å². The fourth-order valence-electron chi connectivity index (χ4n) is 5.24. The van der Waals surface area contributed by atoms with Crippen molar-refractivity contribution in [1.82, 2.24) is 10.6 Å². The fourth-order valence-corrected chi connectivity index (χ4v) is 5.24. The van der Waals surface area contributed by atoms with E-state index in [9.17, 15) is 19.5 Å². The maximum absolute atomic E-state index is 12.8. The number of carbonyl (C=O) groups is 3. The van der Waals surface area contributed by atoms with Crippen molar-refractivity contribution < 1.29 is 24.2 Å². The highest BCUT2D eigenvalue weighted by Gasteiger charge is 2.33. The van der Waals surface area contributed by atoms with Crippen LogP contribution in [0, 0.1) is 5.92 Å². The number of rotatable bonds is 8. The molecular formula is C27H32N2O5. The first kappa shape index (κ1) is 23.8. The lowest BCUT2D eigenvalue weighted by molar-refractivity contribution is -0.144. The van der Waals surface area contributed by atoms with Crippen molar-refractivity contribution in [2.45, 2.75) is 63.5 Å². The van der Waals surface area contributed by atoms with Gasteiger partial charge in [0.25, 0.3) is 0 Å². The molecule has 0 bridgehead atoms. The monoisotopic (exact) mass is 464 g/mol. The predicted octanol–water partition coefficient (Wildman–Crippen LogP) is 4.45. The van der Waals surface area contributed by atoms with Crippen LogP contribution in [0.1, 0.15) is 62.5 Å². The van der Waals surface area contributed by atoms with Gasteiger partial charge in [-0.3, -0.25) is 4.79 Å². The number of ether oxygens (including phenoxy) is 1. The van der Waals surface area contributed by atoms with Gasteiger partial charge in [0.1, 0.15) is 18.7 Å². The molecule has 0 aromatic heterocycles. The molecule has 2 unspecified atom stereocenters. The Morgan fingerprint density at radius 1 is 0.941 bits per heavy atom. The van der Waals surface area contributed by atoms with Crippen LogP contribution in [0.3, 0.4) is 0 Å². The number of alkyl carbamates (subject to hydrolysis) is 1. The normalized spacial score (nSPS) is 17.2. The van der Waals surface area contributed by atoms with Crippen molar-refractivity contribution in [1.29, 1.82) is 0 Å². The Balaban J connectivity index is 1.36. The minimum Gasteiger partial charge on any atom is -0.480 e. The predicted molar refractivity (Wildman–Crippen MR) is 128 cm³/mol. The third kappa shape index (κ3) is 5.08. The Hall–Kier alpha value is -3.35. The summed E-state index contributed by atoms with van der Waals surface area (Å²) in [6.45, 7) is 1.92. The molecule has 0 radical (unpaired) electrons. The average molecular weight is 465 g/mol. The molecule has 4 rings (SSSR count). The molecule has 2 atom stereocenters. The number of carboxylic acids is 1. The summed E-state index contributed by atoms with van der Waals surface area (Å²) >= 11 is 0. The summed E-state index contributed by atoms with van der Waals surface area (Å²) in [4.78, 5) is 37.2. The average Bonchev–Trinajstić information content (AvgIpc) is 3.18. The minimum atomic E-state index is -1.03. The van der Waals surface area contributed by atoms with Crippen molar-refractivity contribution in [3.8, 4) is 11.1 Å². The number of benzene rings is 2. The maximum atomic E-state index is 12.8. The number of hydrogen-bond donors (Lipinski definition) is 3. The lowest BCUT2D eigenvalue weighted by atomic mass is 9.83. The summed E-state index contributed by atoms with van der Waals surface area (Å²) in [5, 5.41) is 14.9. The summed E-state index contributed by atoms with van der Waals surface area (Å²) < 4.78 is 5.54. The molecule has 3 N–H and O–H groups in total. The van der Waals surface area contributed by atoms with Gasteiger partial charge in [-0.15, -0.1) is 0 Å². The number of carboxylic acid groups (broad SMARTS) is 1. The van der Waals surface area contributed by atoms with Crippen LogP contribution >= 0.6 is 0 Å². The first-order valence-electron chi connectivity index (χ1n) is 12.1. The van der Waals surface area contributed by atoms with Crippen LogP contribution in [-0.4, -0.2) is 41.8 Å². The lowest BCUT2D eigenvalue weighted by Gasteiger charge is -2.29. The Morgan fingerprint density at radius 2 is 1.53 bits per heavy atom. The van der Waals surface area contributed by atoms with Gasteiger partial charge in [0.2, 0.25) is 5.91 Å². The lowest BCUT2D eigenvalue weighted by Crippen LogP contribution is -2.54. The summed E-state index contributed by atoms with van der Waals surface area (Å²) in [6.07, 6.45) is 4.25. The van der Waals surface area contributed by atoms with E-state index in [-0.39, 0.29) is 18.4 Å². The van der Waals surface area contributed by atoms with Gasteiger partial charge in [0.15, 0.2) is 0 Å². The Bertz CT molecular complexity index is 1000. The van der Waals surface area contributed by atoms with Gasteiger partial charge >= 0.3 is 12.1 Å². The van der Waals surface area contributed by atoms with Crippen LogP contribution in [-0.2, 0) is 14.3 Å². The van der Waals surface area contributed by atoms with Gasteiger partial charge in [0, 0.05) is 5.92 Å². The van der Waals surface area contributed by atoms with Gasteiger partial charge in [-0.2, -0.15) is 0 Å². The van der Waals surface area contributed by atoms with Crippen molar-refractivity contribution in [3.05, 3.63) is 59.7 Å². The Kier molecular flexibility index (Phi) is 7.50. The molecule has 1 saturated carbocycles. The SMILES string of the molecule is CCC(NC(=O)OCC1c2ccccc2-c2ccccc21)C(=O)NC(C(=O)O)C1CCCCC1. The van der Waals surface area contributed by atoms with Crippen LogP contribution in [0.25, 0.3) is 11.1 Å². The van der Waals surface area contributed by atoms with Crippen molar-refractivity contribution >= 4 is 18.0 Å². The van der Waals surface area contributed by atoms with E-state index in [1.807, 2.05) is 36.4 Å². The van der Waals surface area contributed by atoms with E-state index in [2.05, 4.69) is 22.8 Å². The third-order valence-corrected chi connectivity index (χ3v) is 7.05. The molecule has 1 fully saturated rings. The van der Waals surface area contributed by atoms with E-state index < -0.39 is 30.1 Å². The number of hydrogen-bond acceptors (Lipinski definition) is 4. The molecular weight excluding hydrogens is 432 g/mol. The molecule has 2 aromatic rings. The van der Waals surface area contributed by atoms with Crippen LogP contribution in [0.4, 0.5) is 4.79 Å². The van der Waals surface area contributed by atoms with Gasteiger partial charge < -0.3 is 20.5 Å². The maximum Gasteiger partial charge on any atom is 0.407 e. The van der Waals surface area contributed by atoms with E-state index in [1.54, 1.807) is 6.92 Å². The highest BCUT2D eigenvalue weighted by molar-refractivity contribution is 5.89. The largest absolute Gasteiger partial charge is 0.480 e.